The molecule has 3 atom stereocenters. The molecule has 0 spiro atoms. The standard InChI is InChI=1S/C30H34BN3O4/c1-6-23-24-17-18-25(34-27(36)32(26(35)33(24)34)22-15-11-8-12-16-22)30(23,20-19-21-13-9-7-10-14-21)31-37-28(2,3)29(4,5)38-31/h6-18,24-25H,19-20H2,1-5H3/b23-6+. The Morgan fingerprint density at radius 3 is 2.03 bits per heavy atom. The van der Waals surface area contributed by atoms with Gasteiger partial charge in [-0.3, -0.25) is 0 Å². The molecule has 2 bridgehead atoms. The molecule has 7 nitrogen and oxygen atoms in total. The van der Waals surface area contributed by atoms with Gasteiger partial charge in [0, 0.05) is 0 Å². The molecule has 4 aliphatic rings. The third-order valence-electron chi connectivity index (χ3n) is 9.06. The van der Waals surface area contributed by atoms with Crippen molar-refractivity contribution in [3.05, 3.63) is 111 Å². The first-order chi connectivity index (χ1) is 18.1. The van der Waals surface area contributed by atoms with Gasteiger partial charge in [0.1, 0.15) is 0 Å². The van der Waals surface area contributed by atoms with Gasteiger partial charge in [0.2, 0.25) is 0 Å². The summed E-state index contributed by atoms with van der Waals surface area (Å²) in [5, 5.41) is -0.686. The summed E-state index contributed by atoms with van der Waals surface area (Å²) in [4.78, 5) is 27.8. The Morgan fingerprint density at radius 1 is 0.842 bits per heavy atom. The fourth-order valence-electron chi connectivity index (χ4n) is 6.39. The molecule has 0 N–H and O–H groups in total. The highest BCUT2D eigenvalue weighted by molar-refractivity contribution is 6.51. The monoisotopic (exact) mass is 511 g/mol. The number of hydrogen-bond acceptors (Lipinski definition) is 4. The first-order valence-electron chi connectivity index (χ1n) is 13.4. The van der Waals surface area contributed by atoms with Crippen molar-refractivity contribution in [2.24, 2.45) is 0 Å². The average molecular weight is 511 g/mol. The number of benzene rings is 2. The molecule has 0 radical (unpaired) electrons. The molecule has 3 aromatic rings. The number of nitrogens with zero attached hydrogens (tertiary/aromatic N) is 3. The quantitative estimate of drug-likeness (QED) is 0.362. The second kappa shape index (κ2) is 8.58. The van der Waals surface area contributed by atoms with Gasteiger partial charge in [0.15, 0.2) is 0 Å². The van der Waals surface area contributed by atoms with Crippen LogP contribution in [0.3, 0.4) is 0 Å². The van der Waals surface area contributed by atoms with Crippen LogP contribution in [0.4, 0.5) is 0 Å². The van der Waals surface area contributed by atoms with Crippen LogP contribution in [0.25, 0.3) is 5.69 Å². The Bertz CT molecular complexity index is 1530. The molecule has 38 heavy (non-hydrogen) atoms. The summed E-state index contributed by atoms with van der Waals surface area (Å²) in [6.45, 7) is 10.2. The van der Waals surface area contributed by atoms with E-state index < -0.39 is 35.7 Å². The summed E-state index contributed by atoms with van der Waals surface area (Å²) < 4.78 is 18.0. The Morgan fingerprint density at radius 2 is 1.42 bits per heavy atom. The summed E-state index contributed by atoms with van der Waals surface area (Å²) in [7, 11) is -0.601. The van der Waals surface area contributed by atoms with Gasteiger partial charge >= 0.3 is 18.5 Å². The summed E-state index contributed by atoms with van der Waals surface area (Å²) in [6.07, 6.45) is 7.68. The van der Waals surface area contributed by atoms with Gasteiger partial charge in [0.05, 0.1) is 34.3 Å². The molecule has 8 heteroatoms. The second-order valence-electron chi connectivity index (χ2n) is 11.6. The topological polar surface area (TPSA) is 67.4 Å². The normalized spacial score (nSPS) is 27.7. The van der Waals surface area contributed by atoms with Crippen molar-refractivity contribution in [2.45, 2.75) is 76.1 Å². The van der Waals surface area contributed by atoms with Crippen molar-refractivity contribution >= 4 is 7.12 Å². The number of rotatable bonds is 5. The maximum absolute atomic E-state index is 14.0. The number of hydrogen-bond donors (Lipinski definition) is 0. The van der Waals surface area contributed by atoms with Crippen LogP contribution in [0.2, 0.25) is 5.31 Å². The summed E-state index contributed by atoms with van der Waals surface area (Å²) in [5.74, 6) is 0. The summed E-state index contributed by atoms with van der Waals surface area (Å²) in [5.41, 5.74) is 1.03. The van der Waals surface area contributed by atoms with Crippen molar-refractivity contribution < 1.29 is 9.31 Å². The molecule has 3 aliphatic heterocycles. The third-order valence-corrected chi connectivity index (χ3v) is 9.06. The van der Waals surface area contributed by atoms with Crippen LogP contribution in [-0.4, -0.2) is 32.3 Å². The molecule has 7 rings (SSSR count). The number of fused-ring (bicyclic) bond motifs is 1. The smallest absolute Gasteiger partial charge is 0.403 e. The van der Waals surface area contributed by atoms with Crippen LogP contribution in [0.1, 0.15) is 58.7 Å². The van der Waals surface area contributed by atoms with Crippen LogP contribution in [0.15, 0.2) is 94.1 Å². The van der Waals surface area contributed by atoms with E-state index in [9.17, 15) is 9.59 Å². The van der Waals surface area contributed by atoms with E-state index in [2.05, 4.69) is 52.0 Å². The molecule has 4 heterocycles. The van der Waals surface area contributed by atoms with Gasteiger partial charge in [-0.2, -0.15) is 0 Å². The number of allylic oxidation sites excluding steroid dienone is 4. The van der Waals surface area contributed by atoms with Gasteiger partial charge in [0.25, 0.3) is 0 Å². The molecule has 196 valence electrons. The Hall–Kier alpha value is -3.36. The lowest BCUT2D eigenvalue weighted by Crippen LogP contribution is -2.54. The maximum Gasteiger partial charge on any atom is 0.471 e. The molecule has 0 amide bonds. The number of aryl methyl sites for hydroxylation is 1. The largest absolute Gasteiger partial charge is 0.471 e. The molecule has 0 saturated carbocycles. The van der Waals surface area contributed by atoms with E-state index in [-0.39, 0.29) is 11.4 Å². The van der Waals surface area contributed by atoms with Crippen molar-refractivity contribution in [3.63, 3.8) is 0 Å². The highest BCUT2D eigenvalue weighted by atomic mass is 16.7. The Labute approximate surface area is 223 Å². The van der Waals surface area contributed by atoms with E-state index in [0.717, 1.165) is 12.0 Å². The van der Waals surface area contributed by atoms with Crippen molar-refractivity contribution in [1.82, 2.24) is 13.9 Å². The van der Waals surface area contributed by atoms with Crippen LogP contribution < -0.4 is 11.4 Å². The van der Waals surface area contributed by atoms with Crippen LogP contribution in [0.5, 0.6) is 0 Å². The zero-order valence-electron chi connectivity index (χ0n) is 22.6. The third kappa shape index (κ3) is 3.36. The van der Waals surface area contributed by atoms with Crippen LogP contribution in [0, 0.1) is 0 Å². The molecular weight excluding hydrogens is 477 g/mol. The average Bonchev–Trinajstić information content (AvgIpc) is 3.31. The SMILES string of the molecule is C/C=C1\C2C=CC(n3c(=O)n(-c4ccccc4)c(=O)n32)C1(CCc1ccccc1)B1OC(C)(C)C(C)(C)O1. The molecule has 2 aromatic carbocycles. The van der Waals surface area contributed by atoms with Crippen molar-refractivity contribution in [2.75, 3.05) is 0 Å². The summed E-state index contributed by atoms with van der Waals surface area (Å²) in [6, 6.07) is 18.6. The number of para-hydroxylation sites is 1. The Balaban J connectivity index is 1.57. The predicted octanol–water partition coefficient (Wildman–Crippen LogP) is 4.88. The van der Waals surface area contributed by atoms with E-state index in [1.54, 1.807) is 21.5 Å². The van der Waals surface area contributed by atoms with E-state index in [0.29, 0.717) is 12.1 Å². The molecule has 1 saturated heterocycles. The van der Waals surface area contributed by atoms with E-state index in [1.165, 1.54) is 10.1 Å². The second-order valence-corrected chi connectivity index (χ2v) is 11.6. The zero-order valence-corrected chi connectivity index (χ0v) is 22.6. The first kappa shape index (κ1) is 25.0. The zero-order chi connectivity index (χ0) is 26.9. The van der Waals surface area contributed by atoms with Gasteiger partial charge in [-0.15, -0.1) is 0 Å². The lowest BCUT2D eigenvalue weighted by molar-refractivity contribution is 0.00578. The van der Waals surface area contributed by atoms with E-state index in [4.69, 9.17) is 9.31 Å². The lowest BCUT2D eigenvalue weighted by atomic mass is 9.44. The van der Waals surface area contributed by atoms with E-state index >= 15 is 0 Å². The van der Waals surface area contributed by atoms with Gasteiger partial charge in [-0.25, -0.2) is 23.5 Å². The fourth-order valence-corrected chi connectivity index (χ4v) is 6.39. The molecule has 1 aromatic heterocycles. The predicted molar refractivity (Wildman–Crippen MR) is 149 cm³/mol. The molecule has 3 unspecified atom stereocenters. The minimum Gasteiger partial charge on any atom is -0.403 e. The van der Waals surface area contributed by atoms with Crippen molar-refractivity contribution in [1.29, 1.82) is 0 Å². The molecular formula is C30H34BN3O4. The van der Waals surface area contributed by atoms with Gasteiger partial charge in [-0.05, 0) is 70.7 Å². The molecule has 1 fully saturated rings. The minimum atomic E-state index is -0.686. The minimum absolute atomic E-state index is 0.342. The maximum atomic E-state index is 14.0. The van der Waals surface area contributed by atoms with Crippen LogP contribution >= 0.6 is 0 Å². The Kier molecular flexibility index (Phi) is 5.63. The van der Waals surface area contributed by atoms with Crippen LogP contribution in [-0.2, 0) is 15.7 Å². The first-order valence-corrected chi connectivity index (χ1v) is 13.4. The van der Waals surface area contributed by atoms with Gasteiger partial charge < -0.3 is 9.31 Å². The van der Waals surface area contributed by atoms with Crippen molar-refractivity contribution in [3.8, 4) is 5.69 Å². The van der Waals surface area contributed by atoms with Gasteiger partial charge in [-0.1, -0.05) is 66.8 Å². The summed E-state index contributed by atoms with van der Waals surface area (Å²) >= 11 is 0. The highest BCUT2D eigenvalue weighted by Gasteiger charge is 2.66. The number of aromatic nitrogens is 3. The lowest BCUT2D eigenvalue weighted by Gasteiger charge is -2.51. The van der Waals surface area contributed by atoms with E-state index in [1.807, 2.05) is 49.4 Å². The highest BCUT2D eigenvalue weighted by Crippen LogP contribution is 2.64. The molecule has 1 aliphatic carbocycles. The fraction of sp³-hybridized carbons (Fsp3) is 0.400.